The SMILES string of the molecule is CC(=O)NC1CC12CCN(c1ncnc3c1CN(C)CC3)CC2. The predicted molar refractivity (Wildman–Crippen MR) is 88.2 cm³/mol. The van der Waals surface area contributed by atoms with Crippen LogP contribution in [0.15, 0.2) is 6.33 Å². The molecule has 3 heterocycles. The van der Waals surface area contributed by atoms with E-state index in [0.717, 1.165) is 57.7 Å². The molecule has 3 aliphatic rings. The maximum absolute atomic E-state index is 11.3. The van der Waals surface area contributed by atoms with Gasteiger partial charge in [-0.3, -0.25) is 4.79 Å². The minimum absolute atomic E-state index is 0.0993. The first kappa shape index (κ1) is 14.9. The van der Waals surface area contributed by atoms with Crippen molar-refractivity contribution in [2.24, 2.45) is 5.41 Å². The first-order valence-electron chi connectivity index (χ1n) is 8.61. The molecule has 6 nitrogen and oxygen atoms in total. The van der Waals surface area contributed by atoms with Crippen LogP contribution in [0.3, 0.4) is 0 Å². The van der Waals surface area contributed by atoms with E-state index in [1.807, 2.05) is 0 Å². The molecule has 1 amide bonds. The van der Waals surface area contributed by atoms with Gasteiger partial charge in [0.15, 0.2) is 0 Å². The number of likely N-dealkylation sites (N-methyl/N-ethyl adjacent to an activating group) is 1. The van der Waals surface area contributed by atoms with Crippen LogP contribution < -0.4 is 10.2 Å². The van der Waals surface area contributed by atoms with Gasteiger partial charge >= 0.3 is 0 Å². The molecule has 2 aliphatic heterocycles. The van der Waals surface area contributed by atoms with Gasteiger partial charge in [0, 0.05) is 51.1 Å². The van der Waals surface area contributed by atoms with E-state index in [2.05, 4.69) is 32.1 Å². The van der Waals surface area contributed by atoms with E-state index in [9.17, 15) is 4.79 Å². The maximum Gasteiger partial charge on any atom is 0.217 e. The molecule has 1 saturated carbocycles. The van der Waals surface area contributed by atoms with E-state index in [0.29, 0.717) is 11.5 Å². The van der Waals surface area contributed by atoms with Crippen molar-refractivity contribution in [3.05, 3.63) is 17.6 Å². The molecular weight excluding hydrogens is 290 g/mol. The fraction of sp³-hybridized carbons (Fsp3) is 0.706. The molecule has 1 aliphatic carbocycles. The van der Waals surface area contributed by atoms with Gasteiger partial charge in [-0.15, -0.1) is 0 Å². The summed E-state index contributed by atoms with van der Waals surface area (Å²) in [5, 5.41) is 3.10. The van der Waals surface area contributed by atoms with Crippen LogP contribution in [0.1, 0.15) is 37.4 Å². The molecule has 0 aromatic carbocycles. The second-order valence-electron chi connectivity index (χ2n) is 7.42. The van der Waals surface area contributed by atoms with Crippen molar-refractivity contribution >= 4 is 11.7 Å². The highest BCUT2D eigenvalue weighted by atomic mass is 16.1. The molecule has 1 unspecified atom stereocenters. The van der Waals surface area contributed by atoms with Crippen molar-refractivity contribution in [3.63, 3.8) is 0 Å². The summed E-state index contributed by atoms with van der Waals surface area (Å²) in [5.74, 6) is 1.23. The van der Waals surface area contributed by atoms with Crippen molar-refractivity contribution in [2.75, 3.05) is 31.6 Å². The van der Waals surface area contributed by atoms with Crippen LogP contribution in [0.4, 0.5) is 5.82 Å². The lowest BCUT2D eigenvalue weighted by atomic mass is 9.92. The molecule has 1 atom stereocenters. The summed E-state index contributed by atoms with van der Waals surface area (Å²) in [7, 11) is 2.16. The molecule has 2 fully saturated rings. The zero-order valence-electron chi connectivity index (χ0n) is 14.0. The quantitative estimate of drug-likeness (QED) is 0.881. The molecule has 1 saturated heterocycles. The Hall–Kier alpha value is -1.69. The molecule has 1 aromatic heterocycles. The number of carbonyl (C=O) groups is 1. The van der Waals surface area contributed by atoms with Crippen LogP contribution in [-0.4, -0.2) is 53.5 Å². The highest BCUT2D eigenvalue weighted by Gasteiger charge is 2.55. The molecule has 23 heavy (non-hydrogen) atoms. The monoisotopic (exact) mass is 315 g/mol. The zero-order valence-corrected chi connectivity index (χ0v) is 14.0. The minimum Gasteiger partial charge on any atom is -0.356 e. The van der Waals surface area contributed by atoms with Gasteiger partial charge < -0.3 is 15.1 Å². The number of hydrogen-bond acceptors (Lipinski definition) is 5. The molecule has 0 radical (unpaired) electrons. The lowest BCUT2D eigenvalue weighted by molar-refractivity contribution is -0.119. The largest absolute Gasteiger partial charge is 0.356 e. The van der Waals surface area contributed by atoms with Crippen LogP contribution in [-0.2, 0) is 17.8 Å². The van der Waals surface area contributed by atoms with Gasteiger partial charge in [0.25, 0.3) is 0 Å². The number of hydrogen-bond donors (Lipinski definition) is 1. The standard InChI is InChI=1S/C17H25N5O/c1-12(23)20-15-9-17(15)4-7-22(8-5-17)16-13-10-21(2)6-3-14(13)18-11-19-16/h11,15H,3-10H2,1-2H3,(H,20,23). The van der Waals surface area contributed by atoms with Gasteiger partial charge in [-0.05, 0) is 31.7 Å². The molecule has 1 N–H and O–H groups in total. The van der Waals surface area contributed by atoms with Crippen molar-refractivity contribution in [3.8, 4) is 0 Å². The van der Waals surface area contributed by atoms with Crippen LogP contribution >= 0.6 is 0 Å². The zero-order chi connectivity index (χ0) is 16.0. The molecule has 0 bridgehead atoms. The van der Waals surface area contributed by atoms with Crippen LogP contribution in [0.2, 0.25) is 0 Å². The average molecular weight is 315 g/mol. The van der Waals surface area contributed by atoms with Gasteiger partial charge in [0.2, 0.25) is 5.91 Å². The third-order valence-electron chi connectivity index (χ3n) is 5.80. The summed E-state index contributed by atoms with van der Waals surface area (Å²) in [5.41, 5.74) is 2.88. The normalized spacial score (nSPS) is 26.0. The summed E-state index contributed by atoms with van der Waals surface area (Å²) in [6.45, 7) is 5.70. The van der Waals surface area contributed by atoms with E-state index in [4.69, 9.17) is 0 Å². The summed E-state index contributed by atoms with van der Waals surface area (Å²) in [6.07, 6.45) is 6.18. The van der Waals surface area contributed by atoms with Crippen molar-refractivity contribution in [1.82, 2.24) is 20.2 Å². The number of aromatic nitrogens is 2. The fourth-order valence-electron chi connectivity index (χ4n) is 4.25. The Balaban J connectivity index is 1.47. The van der Waals surface area contributed by atoms with E-state index in [1.165, 1.54) is 11.3 Å². The van der Waals surface area contributed by atoms with E-state index in [-0.39, 0.29) is 5.91 Å². The van der Waals surface area contributed by atoms with E-state index in [1.54, 1.807) is 13.3 Å². The van der Waals surface area contributed by atoms with Gasteiger partial charge in [-0.25, -0.2) is 9.97 Å². The highest BCUT2D eigenvalue weighted by molar-refractivity contribution is 5.73. The first-order valence-corrected chi connectivity index (χ1v) is 8.61. The topological polar surface area (TPSA) is 61.4 Å². The molecule has 1 spiro atoms. The first-order chi connectivity index (χ1) is 11.1. The second kappa shape index (κ2) is 5.44. The highest BCUT2D eigenvalue weighted by Crippen LogP contribution is 2.54. The summed E-state index contributed by atoms with van der Waals surface area (Å²) in [6, 6.07) is 0.396. The Morgan fingerprint density at radius 1 is 1.30 bits per heavy atom. The van der Waals surface area contributed by atoms with Gasteiger partial charge in [-0.2, -0.15) is 0 Å². The Morgan fingerprint density at radius 2 is 2.09 bits per heavy atom. The predicted octanol–water partition coefficient (Wildman–Crippen LogP) is 0.959. The molecule has 6 heteroatoms. The smallest absolute Gasteiger partial charge is 0.217 e. The number of carbonyl (C=O) groups excluding carboxylic acids is 1. The van der Waals surface area contributed by atoms with E-state index < -0.39 is 0 Å². The number of piperidine rings is 1. The third-order valence-corrected chi connectivity index (χ3v) is 5.80. The fourth-order valence-corrected chi connectivity index (χ4v) is 4.25. The lowest BCUT2D eigenvalue weighted by Gasteiger charge is -2.36. The molecular formula is C17H25N5O. The molecule has 124 valence electrons. The number of nitrogens with one attached hydrogen (secondary N) is 1. The van der Waals surface area contributed by atoms with E-state index >= 15 is 0 Å². The summed E-state index contributed by atoms with van der Waals surface area (Å²) < 4.78 is 0. The Morgan fingerprint density at radius 3 is 2.83 bits per heavy atom. The minimum atomic E-state index is 0.0993. The third kappa shape index (κ3) is 2.69. The van der Waals surface area contributed by atoms with Gasteiger partial charge in [0.05, 0.1) is 5.69 Å². The summed E-state index contributed by atoms with van der Waals surface area (Å²) >= 11 is 0. The van der Waals surface area contributed by atoms with Gasteiger partial charge in [-0.1, -0.05) is 0 Å². The van der Waals surface area contributed by atoms with Crippen molar-refractivity contribution in [1.29, 1.82) is 0 Å². The van der Waals surface area contributed by atoms with Crippen LogP contribution in [0, 0.1) is 5.41 Å². The number of rotatable bonds is 2. The Bertz CT molecular complexity index is 623. The Kier molecular flexibility index (Phi) is 3.52. The average Bonchev–Trinajstić information content (AvgIpc) is 3.18. The van der Waals surface area contributed by atoms with Crippen LogP contribution in [0.5, 0.6) is 0 Å². The lowest BCUT2D eigenvalue weighted by Crippen LogP contribution is -2.40. The Labute approximate surface area is 137 Å². The summed E-state index contributed by atoms with van der Waals surface area (Å²) in [4.78, 5) is 25.1. The van der Waals surface area contributed by atoms with Crippen molar-refractivity contribution < 1.29 is 4.79 Å². The second-order valence-corrected chi connectivity index (χ2v) is 7.42. The number of amides is 1. The number of nitrogens with zero attached hydrogens (tertiary/aromatic N) is 4. The molecule has 1 aromatic rings. The van der Waals surface area contributed by atoms with Gasteiger partial charge in [0.1, 0.15) is 12.1 Å². The van der Waals surface area contributed by atoms with Crippen LogP contribution in [0.25, 0.3) is 0 Å². The number of anilines is 1. The molecule has 4 rings (SSSR count). The maximum atomic E-state index is 11.3. The number of fused-ring (bicyclic) bond motifs is 1. The van der Waals surface area contributed by atoms with Crippen molar-refractivity contribution in [2.45, 2.75) is 45.2 Å².